The van der Waals surface area contributed by atoms with Gasteiger partial charge in [-0.2, -0.15) is 4.98 Å². The average molecular weight is 398 g/mol. The second kappa shape index (κ2) is 7.98. The quantitative estimate of drug-likeness (QED) is 0.668. The molecule has 0 bridgehead atoms. The highest BCUT2D eigenvalue weighted by Gasteiger charge is 2.32. The Labute approximate surface area is 166 Å². The van der Waals surface area contributed by atoms with Crippen molar-refractivity contribution in [3.05, 3.63) is 65.6 Å². The maximum Gasteiger partial charge on any atom is 0.322 e. The fourth-order valence-electron chi connectivity index (χ4n) is 3.47. The molecule has 6 nitrogen and oxygen atoms in total. The van der Waals surface area contributed by atoms with Gasteiger partial charge in [-0.15, -0.1) is 0 Å². The van der Waals surface area contributed by atoms with Crippen LogP contribution >= 0.6 is 0 Å². The van der Waals surface area contributed by atoms with Crippen LogP contribution in [-0.2, 0) is 0 Å². The molecule has 1 saturated heterocycles. The van der Waals surface area contributed by atoms with Gasteiger partial charge in [0.05, 0.1) is 0 Å². The number of rotatable bonds is 3. The number of halogens is 2. The van der Waals surface area contributed by atoms with Crippen LogP contribution in [0.3, 0.4) is 0 Å². The Kier molecular flexibility index (Phi) is 5.24. The largest absolute Gasteiger partial charge is 0.337 e. The zero-order chi connectivity index (χ0) is 20.4. The summed E-state index contributed by atoms with van der Waals surface area (Å²) >= 11 is 0. The van der Waals surface area contributed by atoms with E-state index in [1.165, 1.54) is 6.07 Å². The average Bonchev–Trinajstić information content (AvgIpc) is 3.21. The molecule has 8 heteroatoms. The third-order valence-corrected chi connectivity index (χ3v) is 4.94. The number of nitrogens with zero attached hydrogens (tertiary/aromatic N) is 3. The number of anilines is 1. The number of likely N-dealkylation sites (tertiary alicyclic amines) is 1. The van der Waals surface area contributed by atoms with Gasteiger partial charge in [-0.05, 0) is 44.4 Å². The monoisotopic (exact) mass is 398 g/mol. The van der Waals surface area contributed by atoms with Gasteiger partial charge in [-0.25, -0.2) is 13.6 Å². The van der Waals surface area contributed by atoms with Gasteiger partial charge in [0.25, 0.3) is 0 Å². The van der Waals surface area contributed by atoms with Crippen LogP contribution in [-0.4, -0.2) is 27.6 Å². The lowest BCUT2D eigenvalue weighted by Gasteiger charge is -2.33. The summed E-state index contributed by atoms with van der Waals surface area (Å²) < 4.78 is 32.0. The van der Waals surface area contributed by atoms with Crippen LogP contribution in [0.5, 0.6) is 0 Å². The van der Waals surface area contributed by atoms with Gasteiger partial charge in [0, 0.05) is 23.9 Å². The van der Waals surface area contributed by atoms with Crippen molar-refractivity contribution in [2.24, 2.45) is 0 Å². The molecule has 0 spiro atoms. The number of amides is 2. The van der Waals surface area contributed by atoms with Crippen molar-refractivity contribution in [1.82, 2.24) is 15.0 Å². The van der Waals surface area contributed by atoms with E-state index < -0.39 is 17.7 Å². The number of benzene rings is 2. The van der Waals surface area contributed by atoms with Crippen LogP contribution in [0, 0.1) is 18.6 Å². The van der Waals surface area contributed by atoms with Gasteiger partial charge >= 0.3 is 6.03 Å². The van der Waals surface area contributed by atoms with E-state index >= 15 is 0 Å². The van der Waals surface area contributed by atoms with E-state index in [9.17, 15) is 13.6 Å². The molecule has 0 radical (unpaired) electrons. The molecule has 1 fully saturated rings. The minimum Gasteiger partial charge on any atom is -0.337 e. The highest BCUT2D eigenvalue weighted by Crippen LogP contribution is 2.32. The third-order valence-electron chi connectivity index (χ3n) is 4.94. The van der Waals surface area contributed by atoms with Crippen LogP contribution in [0.4, 0.5) is 19.3 Å². The van der Waals surface area contributed by atoms with E-state index in [1.807, 2.05) is 31.2 Å². The maximum absolute atomic E-state index is 13.4. The summed E-state index contributed by atoms with van der Waals surface area (Å²) in [6, 6.07) is 10.2. The molecule has 1 aliphatic rings. The molecule has 150 valence electrons. The SMILES string of the molecule is Cc1cccc(-c2noc(C3CCCCN3C(=O)Nc3ccc(F)c(F)c3)n2)c1. The van der Waals surface area contributed by atoms with E-state index in [4.69, 9.17) is 4.52 Å². The third kappa shape index (κ3) is 4.11. The van der Waals surface area contributed by atoms with E-state index in [0.29, 0.717) is 24.7 Å². The predicted molar refractivity (Wildman–Crippen MR) is 103 cm³/mol. The molecule has 2 aromatic carbocycles. The Morgan fingerprint density at radius 2 is 2.03 bits per heavy atom. The summed E-state index contributed by atoms with van der Waals surface area (Å²) in [7, 11) is 0. The van der Waals surface area contributed by atoms with Crippen molar-refractivity contribution in [1.29, 1.82) is 0 Å². The first-order chi connectivity index (χ1) is 14.0. The number of nitrogens with one attached hydrogen (secondary N) is 1. The first-order valence-corrected chi connectivity index (χ1v) is 9.44. The van der Waals surface area contributed by atoms with E-state index in [-0.39, 0.29) is 11.7 Å². The Balaban J connectivity index is 1.54. The lowest BCUT2D eigenvalue weighted by atomic mass is 10.0. The zero-order valence-electron chi connectivity index (χ0n) is 15.9. The predicted octanol–water partition coefficient (Wildman–Crippen LogP) is 5.08. The molecule has 1 unspecified atom stereocenters. The van der Waals surface area contributed by atoms with Gasteiger partial charge in [0.15, 0.2) is 11.6 Å². The van der Waals surface area contributed by atoms with Gasteiger partial charge in [-0.1, -0.05) is 28.9 Å². The molecule has 2 amide bonds. The Morgan fingerprint density at radius 1 is 1.17 bits per heavy atom. The fourth-order valence-corrected chi connectivity index (χ4v) is 3.47. The first-order valence-electron chi connectivity index (χ1n) is 9.44. The van der Waals surface area contributed by atoms with Crippen LogP contribution in [0.15, 0.2) is 47.0 Å². The second-order valence-corrected chi connectivity index (χ2v) is 7.09. The van der Waals surface area contributed by atoms with Crippen LogP contribution < -0.4 is 5.32 Å². The Morgan fingerprint density at radius 3 is 2.83 bits per heavy atom. The summed E-state index contributed by atoms with van der Waals surface area (Å²) in [5.41, 5.74) is 2.11. The summed E-state index contributed by atoms with van der Waals surface area (Å²) in [4.78, 5) is 18.9. The standard InChI is InChI=1S/C21H20F2N4O2/c1-13-5-4-6-14(11-13)19-25-20(29-26-19)18-7-2-3-10-27(18)21(28)24-15-8-9-16(22)17(23)12-15/h4-6,8-9,11-12,18H,2-3,7,10H2,1H3,(H,24,28). The zero-order valence-corrected chi connectivity index (χ0v) is 15.9. The molecule has 29 heavy (non-hydrogen) atoms. The van der Waals surface area contributed by atoms with Gasteiger partial charge in [0.1, 0.15) is 6.04 Å². The summed E-state index contributed by atoms with van der Waals surface area (Å²) in [6.45, 7) is 2.48. The molecule has 3 aromatic rings. The van der Waals surface area contributed by atoms with Crippen molar-refractivity contribution in [3.63, 3.8) is 0 Å². The molecule has 1 aliphatic heterocycles. The fraction of sp³-hybridized carbons (Fsp3) is 0.286. The normalized spacial score (nSPS) is 16.7. The maximum atomic E-state index is 13.4. The molecule has 0 aliphatic carbocycles. The highest BCUT2D eigenvalue weighted by molar-refractivity contribution is 5.89. The number of carbonyl (C=O) groups excluding carboxylic acids is 1. The van der Waals surface area contributed by atoms with Gasteiger partial charge in [-0.3, -0.25) is 0 Å². The number of hydrogen-bond acceptors (Lipinski definition) is 4. The van der Waals surface area contributed by atoms with Crippen LogP contribution in [0.2, 0.25) is 0 Å². The van der Waals surface area contributed by atoms with E-state index in [1.54, 1.807) is 4.90 Å². The van der Waals surface area contributed by atoms with Crippen molar-refractivity contribution < 1.29 is 18.1 Å². The number of carbonyl (C=O) groups is 1. The number of piperidine rings is 1. The Bertz CT molecular complexity index is 1040. The van der Waals surface area contributed by atoms with Crippen molar-refractivity contribution >= 4 is 11.7 Å². The molecule has 1 aromatic heterocycles. The Hall–Kier alpha value is -3.29. The topological polar surface area (TPSA) is 71.3 Å². The smallest absolute Gasteiger partial charge is 0.322 e. The number of hydrogen-bond donors (Lipinski definition) is 1. The second-order valence-electron chi connectivity index (χ2n) is 7.09. The van der Waals surface area contributed by atoms with Crippen molar-refractivity contribution in [2.75, 3.05) is 11.9 Å². The van der Waals surface area contributed by atoms with Crippen LogP contribution in [0.25, 0.3) is 11.4 Å². The molecule has 1 atom stereocenters. The van der Waals surface area contributed by atoms with E-state index in [2.05, 4.69) is 15.5 Å². The van der Waals surface area contributed by atoms with E-state index in [0.717, 1.165) is 36.1 Å². The highest BCUT2D eigenvalue weighted by atomic mass is 19.2. The number of aromatic nitrogens is 2. The first kappa shape index (κ1) is 19.0. The van der Waals surface area contributed by atoms with Crippen LogP contribution in [0.1, 0.15) is 36.8 Å². The molecule has 4 rings (SSSR count). The summed E-state index contributed by atoms with van der Waals surface area (Å²) in [5.74, 6) is -1.15. The molecular formula is C21H20F2N4O2. The molecule has 1 N–H and O–H groups in total. The molecule has 0 saturated carbocycles. The van der Waals surface area contributed by atoms with Gasteiger partial charge < -0.3 is 14.7 Å². The minimum atomic E-state index is -1.02. The van der Waals surface area contributed by atoms with Gasteiger partial charge in [0.2, 0.25) is 11.7 Å². The molecular weight excluding hydrogens is 378 g/mol. The van der Waals surface area contributed by atoms with Crippen molar-refractivity contribution in [3.8, 4) is 11.4 Å². The number of aryl methyl sites for hydroxylation is 1. The summed E-state index contributed by atoms with van der Waals surface area (Å²) in [6.07, 6.45) is 2.43. The van der Waals surface area contributed by atoms with Crippen molar-refractivity contribution in [2.45, 2.75) is 32.2 Å². The molecule has 2 heterocycles. The minimum absolute atomic E-state index is 0.184. The summed E-state index contributed by atoms with van der Waals surface area (Å²) in [5, 5.41) is 6.68. The lowest BCUT2D eigenvalue weighted by Crippen LogP contribution is -2.41. The lowest BCUT2D eigenvalue weighted by molar-refractivity contribution is 0.142. The number of urea groups is 1.